The van der Waals surface area contributed by atoms with Crippen LogP contribution in [-0.4, -0.2) is 36.3 Å². The lowest BCUT2D eigenvalue weighted by Crippen LogP contribution is -2.35. The first kappa shape index (κ1) is 20.5. The van der Waals surface area contributed by atoms with Crippen LogP contribution in [0.15, 0.2) is 52.3 Å². The maximum Gasteiger partial charge on any atom is 0.236 e. The highest BCUT2D eigenvalue weighted by Crippen LogP contribution is 2.27. The number of oxazole rings is 1. The number of carbonyl (C=O) groups excluding carboxylic acids is 1. The van der Waals surface area contributed by atoms with Gasteiger partial charge < -0.3 is 14.6 Å². The number of thioether (sulfide) groups is 1. The monoisotopic (exact) mass is 415 g/mol. The van der Waals surface area contributed by atoms with Crippen LogP contribution in [0.5, 0.6) is 0 Å². The Morgan fingerprint density at radius 3 is 2.79 bits per heavy atom. The van der Waals surface area contributed by atoms with Crippen molar-refractivity contribution >= 4 is 34.7 Å². The van der Waals surface area contributed by atoms with Gasteiger partial charge in [-0.2, -0.15) is 0 Å². The molecule has 0 saturated carbocycles. The number of aromatic nitrogens is 1. The second-order valence-corrected chi connectivity index (χ2v) is 8.19. The summed E-state index contributed by atoms with van der Waals surface area (Å²) in [6, 6.07) is 14.2. The predicted octanol–water partition coefficient (Wildman–Crippen LogP) is 4.59. The Morgan fingerprint density at radius 2 is 2.07 bits per heavy atom. The Labute approximate surface area is 174 Å². The highest BCUT2D eigenvalue weighted by atomic mass is 32.2. The first-order chi connectivity index (χ1) is 13.7. The zero-order chi connectivity index (χ0) is 19.8. The summed E-state index contributed by atoms with van der Waals surface area (Å²) in [5, 5.41) is 5.01. The van der Waals surface area contributed by atoms with Crippen molar-refractivity contribution in [1.82, 2.24) is 10.3 Å². The van der Waals surface area contributed by atoms with Crippen LogP contribution in [0.1, 0.15) is 18.4 Å². The Hall–Kier alpha value is -2.25. The van der Waals surface area contributed by atoms with Crippen molar-refractivity contribution < 1.29 is 9.21 Å². The van der Waals surface area contributed by atoms with Crippen molar-refractivity contribution in [3.05, 3.63) is 59.3 Å². The number of anilines is 1. The molecule has 5 nitrogen and oxygen atoms in total. The van der Waals surface area contributed by atoms with E-state index in [1.54, 1.807) is 23.1 Å². The molecule has 0 atom stereocenters. The van der Waals surface area contributed by atoms with Gasteiger partial charge in [-0.05, 0) is 37.4 Å². The van der Waals surface area contributed by atoms with Gasteiger partial charge in [0.25, 0.3) is 0 Å². The Balaban J connectivity index is 1.39. The SMILES string of the molecule is CCN(CCNC(=O)CSCc1nc(-c2cccs2)oc1C)c1ccccc1. The van der Waals surface area contributed by atoms with Gasteiger partial charge in [-0.3, -0.25) is 4.79 Å². The number of hydrogen-bond donors (Lipinski definition) is 1. The zero-order valence-electron chi connectivity index (χ0n) is 16.2. The molecule has 0 bridgehead atoms. The van der Waals surface area contributed by atoms with Crippen LogP contribution in [0.4, 0.5) is 5.69 Å². The number of nitrogens with one attached hydrogen (secondary N) is 1. The third kappa shape index (κ3) is 5.62. The van der Waals surface area contributed by atoms with Crippen LogP contribution in [0, 0.1) is 6.92 Å². The van der Waals surface area contributed by atoms with E-state index >= 15 is 0 Å². The summed E-state index contributed by atoms with van der Waals surface area (Å²) in [7, 11) is 0. The molecule has 0 aliphatic heterocycles. The van der Waals surface area contributed by atoms with Crippen LogP contribution >= 0.6 is 23.1 Å². The fourth-order valence-electron chi connectivity index (χ4n) is 2.80. The van der Waals surface area contributed by atoms with E-state index in [0.29, 0.717) is 23.9 Å². The number of para-hydroxylation sites is 1. The zero-order valence-corrected chi connectivity index (χ0v) is 17.8. The first-order valence-corrected chi connectivity index (χ1v) is 11.4. The van der Waals surface area contributed by atoms with Crippen molar-refractivity contribution in [2.24, 2.45) is 0 Å². The molecule has 0 aliphatic carbocycles. The van der Waals surface area contributed by atoms with Crippen molar-refractivity contribution in [3.8, 4) is 10.8 Å². The summed E-state index contributed by atoms with van der Waals surface area (Å²) in [5.41, 5.74) is 2.08. The minimum absolute atomic E-state index is 0.0498. The number of carbonyl (C=O) groups is 1. The number of hydrogen-bond acceptors (Lipinski definition) is 6. The lowest BCUT2D eigenvalue weighted by Gasteiger charge is -2.23. The molecule has 1 amide bonds. The molecular formula is C21H25N3O2S2. The summed E-state index contributed by atoms with van der Waals surface area (Å²) in [5.74, 6) is 2.61. The predicted molar refractivity (Wildman–Crippen MR) is 118 cm³/mol. The van der Waals surface area contributed by atoms with Crippen molar-refractivity contribution in [1.29, 1.82) is 0 Å². The average Bonchev–Trinajstić information content (AvgIpc) is 3.36. The quantitative estimate of drug-likeness (QED) is 0.525. The van der Waals surface area contributed by atoms with Gasteiger partial charge in [0.1, 0.15) is 5.76 Å². The van der Waals surface area contributed by atoms with E-state index < -0.39 is 0 Å². The summed E-state index contributed by atoms with van der Waals surface area (Å²) in [6.07, 6.45) is 0. The van der Waals surface area contributed by atoms with E-state index in [4.69, 9.17) is 4.42 Å². The van der Waals surface area contributed by atoms with Crippen LogP contribution in [0.25, 0.3) is 10.8 Å². The number of likely N-dealkylation sites (N-methyl/N-ethyl adjacent to an activating group) is 1. The molecule has 0 radical (unpaired) electrons. The molecule has 0 unspecified atom stereocenters. The number of nitrogens with zero attached hydrogens (tertiary/aromatic N) is 2. The van der Waals surface area contributed by atoms with Gasteiger partial charge in [0.15, 0.2) is 0 Å². The van der Waals surface area contributed by atoms with Crippen molar-refractivity contribution in [2.45, 2.75) is 19.6 Å². The van der Waals surface area contributed by atoms with Gasteiger partial charge in [-0.1, -0.05) is 24.3 Å². The molecule has 1 aromatic carbocycles. The van der Waals surface area contributed by atoms with Gasteiger partial charge in [-0.25, -0.2) is 4.98 Å². The van der Waals surface area contributed by atoms with Crippen LogP contribution < -0.4 is 10.2 Å². The minimum Gasteiger partial charge on any atom is -0.440 e. The third-order valence-corrected chi connectivity index (χ3v) is 6.11. The van der Waals surface area contributed by atoms with E-state index in [1.165, 1.54) is 5.69 Å². The Bertz CT molecular complexity index is 863. The summed E-state index contributed by atoms with van der Waals surface area (Å²) in [6.45, 7) is 6.38. The molecule has 0 aliphatic rings. The van der Waals surface area contributed by atoms with Crippen LogP contribution in [0.3, 0.4) is 0 Å². The fourth-order valence-corrected chi connectivity index (χ4v) is 4.30. The van der Waals surface area contributed by atoms with Gasteiger partial charge in [0, 0.05) is 31.1 Å². The molecule has 7 heteroatoms. The summed E-state index contributed by atoms with van der Waals surface area (Å²) in [4.78, 5) is 20.0. The molecule has 3 rings (SSSR count). The van der Waals surface area contributed by atoms with Crippen molar-refractivity contribution in [2.75, 3.05) is 30.3 Å². The van der Waals surface area contributed by atoms with Gasteiger partial charge in [0.2, 0.25) is 11.8 Å². The van der Waals surface area contributed by atoms with E-state index in [2.05, 4.69) is 34.3 Å². The number of benzene rings is 1. The number of amides is 1. The van der Waals surface area contributed by atoms with Gasteiger partial charge in [0.05, 0.1) is 16.3 Å². The van der Waals surface area contributed by atoms with E-state index in [1.807, 2.05) is 42.6 Å². The molecule has 0 spiro atoms. The summed E-state index contributed by atoms with van der Waals surface area (Å²) >= 11 is 3.16. The standard InChI is InChI=1S/C21H25N3O2S2/c1-3-24(17-8-5-4-6-9-17)12-11-22-20(25)15-27-14-18-16(2)26-21(23-18)19-10-7-13-28-19/h4-10,13H,3,11-12,14-15H2,1-2H3,(H,22,25). The maximum atomic E-state index is 12.1. The lowest BCUT2D eigenvalue weighted by atomic mass is 10.3. The van der Waals surface area contributed by atoms with Gasteiger partial charge >= 0.3 is 0 Å². The Morgan fingerprint density at radius 1 is 1.25 bits per heavy atom. The molecule has 2 aromatic heterocycles. The minimum atomic E-state index is 0.0498. The van der Waals surface area contributed by atoms with E-state index in [-0.39, 0.29) is 5.91 Å². The smallest absolute Gasteiger partial charge is 0.236 e. The van der Waals surface area contributed by atoms with E-state index in [0.717, 1.165) is 29.4 Å². The molecule has 2 heterocycles. The average molecular weight is 416 g/mol. The van der Waals surface area contributed by atoms with Crippen molar-refractivity contribution in [3.63, 3.8) is 0 Å². The topological polar surface area (TPSA) is 58.4 Å². The first-order valence-electron chi connectivity index (χ1n) is 9.32. The second-order valence-electron chi connectivity index (χ2n) is 6.26. The number of thiophene rings is 1. The molecule has 28 heavy (non-hydrogen) atoms. The van der Waals surface area contributed by atoms with Crippen LogP contribution in [0.2, 0.25) is 0 Å². The molecule has 0 fully saturated rings. The fraction of sp³-hybridized carbons (Fsp3) is 0.333. The lowest BCUT2D eigenvalue weighted by molar-refractivity contribution is -0.118. The Kier molecular flexibility index (Phi) is 7.56. The second kappa shape index (κ2) is 10.3. The number of aryl methyl sites for hydroxylation is 1. The summed E-state index contributed by atoms with van der Waals surface area (Å²) < 4.78 is 5.74. The highest BCUT2D eigenvalue weighted by molar-refractivity contribution is 7.99. The number of rotatable bonds is 10. The molecule has 148 valence electrons. The third-order valence-electron chi connectivity index (χ3n) is 4.30. The molecule has 1 N–H and O–H groups in total. The molecule has 0 saturated heterocycles. The van der Waals surface area contributed by atoms with Crippen LogP contribution in [-0.2, 0) is 10.5 Å². The van der Waals surface area contributed by atoms with E-state index in [9.17, 15) is 4.79 Å². The molecular weight excluding hydrogens is 390 g/mol. The largest absolute Gasteiger partial charge is 0.440 e. The normalized spacial score (nSPS) is 10.8. The van der Waals surface area contributed by atoms with Gasteiger partial charge in [-0.15, -0.1) is 23.1 Å². The molecule has 3 aromatic rings. The highest BCUT2D eigenvalue weighted by Gasteiger charge is 2.13. The maximum absolute atomic E-state index is 12.1.